The second-order valence-corrected chi connectivity index (χ2v) is 6.45. The molecule has 1 N–H and O–H groups in total. The Morgan fingerprint density at radius 3 is 2.75 bits per heavy atom. The van der Waals surface area contributed by atoms with Crippen molar-refractivity contribution >= 4 is 17.8 Å². The Kier molecular flexibility index (Phi) is 5.58. The van der Waals surface area contributed by atoms with Gasteiger partial charge in [-0.2, -0.15) is 0 Å². The highest BCUT2D eigenvalue weighted by atomic mass is 16.5. The van der Waals surface area contributed by atoms with Crippen LogP contribution in [0.1, 0.15) is 48.9 Å². The lowest BCUT2D eigenvalue weighted by Gasteiger charge is -2.31. The quantitative estimate of drug-likeness (QED) is 0.865. The molecule has 1 fully saturated rings. The van der Waals surface area contributed by atoms with Crippen molar-refractivity contribution in [2.75, 3.05) is 26.7 Å². The summed E-state index contributed by atoms with van der Waals surface area (Å²) in [6, 6.07) is 1.58. The molecule has 0 unspecified atom stereocenters. The van der Waals surface area contributed by atoms with Gasteiger partial charge in [0.25, 0.3) is 5.91 Å². The molecular weight excluding hydrogens is 314 g/mol. The van der Waals surface area contributed by atoms with Crippen LogP contribution in [0.25, 0.3) is 0 Å². The zero-order valence-corrected chi connectivity index (χ0v) is 14.2. The van der Waals surface area contributed by atoms with Crippen LogP contribution in [0.3, 0.4) is 0 Å². The second kappa shape index (κ2) is 7.46. The molecule has 1 saturated heterocycles. The maximum atomic E-state index is 12.3. The van der Waals surface area contributed by atoms with Gasteiger partial charge in [-0.25, -0.2) is 0 Å². The molecule has 132 valence electrons. The molecule has 0 spiro atoms. The molecule has 1 aliphatic heterocycles. The maximum absolute atomic E-state index is 12.3. The Labute approximate surface area is 140 Å². The molecule has 2 amide bonds. The van der Waals surface area contributed by atoms with E-state index in [1.807, 2.05) is 13.8 Å². The number of likely N-dealkylation sites (tertiary alicyclic amines) is 1. The number of carboxylic acid groups (broad SMARTS) is 1. The molecule has 24 heavy (non-hydrogen) atoms. The number of aliphatic carboxylic acids is 1. The van der Waals surface area contributed by atoms with Crippen LogP contribution in [-0.4, -0.2) is 64.5 Å². The summed E-state index contributed by atoms with van der Waals surface area (Å²) >= 11 is 0. The summed E-state index contributed by atoms with van der Waals surface area (Å²) in [5.41, 5.74) is 0.163. The highest BCUT2D eigenvalue weighted by molar-refractivity contribution is 5.94. The lowest BCUT2D eigenvalue weighted by Crippen LogP contribution is -2.46. The van der Waals surface area contributed by atoms with Crippen LogP contribution in [0.2, 0.25) is 0 Å². The van der Waals surface area contributed by atoms with Gasteiger partial charge < -0.3 is 19.4 Å². The molecule has 0 aromatic carbocycles. The SMILES string of the molecule is CC(C)c1cc(C(=O)N(C)CC(=O)N2CCC[C@H](C(=O)O)C2)no1. The highest BCUT2D eigenvalue weighted by Crippen LogP contribution is 2.18. The smallest absolute Gasteiger partial charge is 0.308 e. The van der Waals surface area contributed by atoms with Crippen molar-refractivity contribution in [2.45, 2.75) is 32.6 Å². The van der Waals surface area contributed by atoms with Gasteiger partial charge in [-0.15, -0.1) is 0 Å². The first-order valence-electron chi connectivity index (χ1n) is 8.02. The van der Waals surface area contributed by atoms with Crippen molar-refractivity contribution in [3.63, 3.8) is 0 Å². The van der Waals surface area contributed by atoms with Gasteiger partial charge >= 0.3 is 5.97 Å². The minimum atomic E-state index is -0.888. The molecule has 8 nitrogen and oxygen atoms in total. The van der Waals surface area contributed by atoms with E-state index in [1.165, 1.54) is 16.8 Å². The van der Waals surface area contributed by atoms with Crippen LogP contribution in [0, 0.1) is 5.92 Å². The third kappa shape index (κ3) is 4.12. The number of rotatable bonds is 5. The van der Waals surface area contributed by atoms with E-state index in [1.54, 1.807) is 6.07 Å². The van der Waals surface area contributed by atoms with E-state index in [2.05, 4.69) is 5.16 Å². The fourth-order valence-electron chi connectivity index (χ4n) is 2.64. The number of hydrogen-bond acceptors (Lipinski definition) is 5. The number of carbonyl (C=O) groups excluding carboxylic acids is 2. The summed E-state index contributed by atoms with van der Waals surface area (Å²) in [6.07, 6.45) is 1.23. The molecule has 1 aliphatic rings. The number of piperidine rings is 1. The third-order valence-electron chi connectivity index (χ3n) is 4.16. The monoisotopic (exact) mass is 337 g/mol. The summed E-state index contributed by atoms with van der Waals surface area (Å²) in [6.45, 7) is 4.45. The van der Waals surface area contributed by atoms with Gasteiger partial charge in [-0.05, 0) is 12.8 Å². The Morgan fingerprint density at radius 2 is 2.17 bits per heavy atom. The van der Waals surface area contributed by atoms with Crippen molar-refractivity contribution < 1.29 is 24.0 Å². The summed E-state index contributed by atoms with van der Waals surface area (Å²) in [7, 11) is 1.52. The van der Waals surface area contributed by atoms with Crippen LogP contribution in [-0.2, 0) is 9.59 Å². The Hall–Kier alpha value is -2.38. The fourth-order valence-corrected chi connectivity index (χ4v) is 2.64. The van der Waals surface area contributed by atoms with Gasteiger partial charge in [-0.1, -0.05) is 19.0 Å². The Balaban J connectivity index is 1.95. The van der Waals surface area contributed by atoms with Gasteiger partial charge in [0.2, 0.25) is 5.91 Å². The molecular formula is C16H23N3O5. The molecule has 8 heteroatoms. The summed E-state index contributed by atoms with van der Waals surface area (Å²) < 4.78 is 5.10. The van der Waals surface area contributed by atoms with E-state index in [4.69, 9.17) is 9.63 Å². The number of hydrogen-bond donors (Lipinski definition) is 1. The van der Waals surface area contributed by atoms with Crippen LogP contribution in [0.4, 0.5) is 0 Å². The van der Waals surface area contributed by atoms with Crippen LogP contribution < -0.4 is 0 Å². The minimum absolute atomic E-state index is 0.116. The van der Waals surface area contributed by atoms with E-state index in [0.29, 0.717) is 25.1 Å². The predicted molar refractivity (Wildman–Crippen MR) is 84.5 cm³/mol. The maximum Gasteiger partial charge on any atom is 0.308 e. The molecule has 0 saturated carbocycles. The molecule has 0 radical (unpaired) electrons. The standard InChI is InChI=1S/C16H23N3O5/c1-10(2)13-7-12(17-24-13)15(21)18(3)9-14(20)19-6-4-5-11(8-19)16(22)23/h7,10-11H,4-6,8-9H2,1-3H3,(H,22,23)/t11-/m0/s1. The first-order valence-corrected chi connectivity index (χ1v) is 8.02. The second-order valence-electron chi connectivity index (χ2n) is 6.45. The number of aromatic nitrogens is 1. The average molecular weight is 337 g/mol. The van der Waals surface area contributed by atoms with Gasteiger partial charge in [0, 0.05) is 32.1 Å². The van der Waals surface area contributed by atoms with Gasteiger partial charge in [0.05, 0.1) is 12.5 Å². The van der Waals surface area contributed by atoms with Crippen molar-refractivity contribution in [3.8, 4) is 0 Å². The topological polar surface area (TPSA) is 104 Å². The van der Waals surface area contributed by atoms with Gasteiger partial charge in [0.15, 0.2) is 5.69 Å². The van der Waals surface area contributed by atoms with Crippen LogP contribution in [0.15, 0.2) is 10.6 Å². The first kappa shape index (κ1) is 18.0. The van der Waals surface area contributed by atoms with E-state index in [-0.39, 0.29) is 30.6 Å². The number of amides is 2. The summed E-state index contributed by atoms with van der Waals surface area (Å²) in [4.78, 5) is 38.5. The molecule has 2 rings (SSSR count). The lowest BCUT2D eigenvalue weighted by molar-refractivity contribution is -0.145. The van der Waals surface area contributed by atoms with E-state index >= 15 is 0 Å². The summed E-state index contributed by atoms with van der Waals surface area (Å²) in [5, 5.41) is 12.8. The minimum Gasteiger partial charge on any atom is -0.481 e. The van der Waals surface area contributed by atoms with E-state index in [0.717, 1.165) is 0 Å². The average Bonchev–Trinajstić information content (AvgIpc) is 3.04. The van der Waals surface area contributed by atoms with Gasteiger partial charge in [0.1, 0.15) is 5.76 Å². The fraction of sp³-hybridized carbons (Fsp3) is 0.625. The number of nitrogens with zero attached hydrogens (tertiary/aromatic N) is 3. The molecule has 0 aliphatic carbocycles. The van der Waals surface area contributed by atoms with Crippen molar-refractivity contribution in [3.05, 3.63) is 17.5 Å². The molecule has 1 atom stereocenters. The number of carboxylic acids is 1. The summed E-state index contributed by atoms with van der Waals surface area (Å²) in [5.74, 6) is -1.35. The molecule has 1 aromatic rings. The normalized spacial score (nSPS) is 17.8. The van der Waals surface area contributed by atoms with Gasteiger partial charge in [-0.3, -0.25) is 14.4 Å². The molecule has 0 bridgehead atoms. The molecule has 2 heterocycles. The largest absolute Gasteiger partial charge is 0.481 e. The molecule has 1 aromatic heterocycles. The zero-order valence-electron chi connectivity index (χ0n) is 14.2. The zero-order chi connectivity index (χ0) is 17.9. The van der Waals surface area contributed by atoms with E-state index in [9.17, 15) is 14.4 Å². The highest BCUT2D eigenvalue weighted by Gasteiger charge is 2.29. The van der Waals surface area contributed by atoms with Crippen molar-refractivity contribution in [2.24, 2.45) is 5.92 Å². The first-order chi connectivity index (χ1) is 11.3. The Bertz CT molecular complexity index is 625. The van der Waals surface area contributed by atoms with Crippen LogP contribution >= 0.6 is 0 Å². The van der Waals surface area contributed by atoms with Crippen molar-refractivity contribution in [1.29, 1.82) is 0 Å². The van der Waals surface area contributed by atoms with Crippen molar-refractivity contribution in [1.82, 2.24) is 15.0 Å². The number of carbonyl (C=O) groups is 3. The lowest BCUT2D eigenvalue weighted by atomic mass is 9.98. The third-order valence-corrected chi connectivity index (χ3v) is 4.16. The predicted octanol–water partition coefficient (Wildman–Crippen LogP) is 1.19. The van der Waals surface area contributed by atoms with Crippen LogP contribution in [0.5, 0.6) is 0 Å². The Morgan fingerprint density at radius 1 is 1.46 bits per heavy atom. The number of likely N-dealkylation sites (N-methyl/N-ethyl adjacent to an activating group) is 1. The van der Waals surface area contributed by atoms with E-state index < -0.39 is 17.8 Å².